The summed E-state index contributed by atoms with van der Waals surface area (Å²) in [6, 6.07) is 16.0. The summed E-state index contributed by atoms with van der Waals surface area (Å²) in [6.07, 6.45) is 7.23. The van der Waals surface area contributed by atoms with Gasteiger partial charge in [-0.1, -0.05) is 60.2 Å². The quantitative estimate of drug-likeness (QED) is 0.305. The Morgan fingerprint density at radius 1 is 0.971 bits per heavy atom. The van der Waals surface area contributed by atoms with E-state index in [0.29, 0.717) is 18.4 Å². The van der Waals surface area contributed by atoms with Crippen molar-refractivity contribution in [3.63, 3.8) is 0 Å². The van der Waals surface area contributed by atoms with Crippen molar-refractivity contribution < 1.29 is 9.59 Å². The molecule has 4 aliphatic carbocycles. The van der Waals surface area contributed by atoms with Gasteiger partial charge in [-0.2, -0.15) is 10.1 Å². The van der Waals surface area contributed by atoms with Crippen molar-refractivity contribution in [3.05, 3.63) is 82.5 Å². The molecule has 2 bridgehead atoms. The van der Waals surface area contributed by atoms with Gasteiger partial charge in [0.05, 0.1) is 18.1 Å². The van der Waals surface area contributed by atoms with Gasteiger partial charge in [0.2, 0.25) is 0 Å². The van der Waals surface area contributed by atoms with Crippen LogP contribution in [0.3, 0.4) is 0 Å². The zero-order valence-corrected chi connectivity index (χ0v) is 19.5. The number of para-hydroxylation sites is 1. The molecule has 2 aromatic carbocycles. The number of halogens is 1. The Morgan fingerprint density at radius 3 is 2.32 bits per heavy atom. The van der Waals surface area contributed by atoms with Gasteiger partial charge in [0.1, 0.15) is 0 Å². The molecule has 3 aromatic rings. The highest BCUT2D eigenvalue weighted by Crippen LogP contribution is 2.65. The van der Waals surface area contributed by atoms with Crippen LogP contribution in [-0.4, -0.2) is 27.6 Å². The van der Waals surface area contributed by atoms with Gasteiger partial charge in [-0.15, -0.1) is 0 Å². The fourth-order valence-corrected chi connectivity index (χ4v) is 6.99. The predicted octanol–water partition coefficient (Wildman–Crippen LogP) is 5.04. The molecule has 0 N–H and O–H groups in total. The summed E-state index contributed by atoms with van der Waals surface area (Å²) in [5, 5.41) is 7.43. The fourth-order valence-electron chi connectivity index (χ4n) is 6.79. The molecule has 1 aromatic heterocycles. The lowest BCUT2D eigenvalue weighted by atomic mass is 9.63. The number of hydrogen-bond donors (Lipinski definition) is 0. The normalized spacial score (nSPS) is 31.1. The number of carbonyl (C=O) groups excluding carboxylic acids is 2. The summed E-state index contributed by atoms with van der Waals surface area (Å²) in [5.74, 6) is 0.856. The third-order valence-corrected chi connectivity index (χ3v) is 8.88. The van der Waals surface area contributed by atoms with Crippen molar-refractivity contribution in [3.8, 4) is 0 Å². The molecule has 2 saturated carbocycles. The lowest BCUT2D eigenvalue weighted by Crippen LogP contribution is -2.40. The number of rotatable bonds is 4. The average Bonchev–Trinajstić information content (AvgIpc) is 3.59. The van der Waals surface area contributed by atoms with Gasteiger partial charge in [0.15, 0.2) is 0 Å². The molecule has 5 nitrogen and oxygen atoms in total. The van der Waals surface area contributed by atoms with Crippen LogP contribution in [0.15, 0.2) is 65.8 Å². The van der Waals surface area contributed by atoms with Gasteiger partial charge in [-0.3, -0.25) is 9.59 Å². The van der Waals surface area contributed by atoms with Crippen LogP contribution in [0.25, 0.3) is 10.9 Å². The van der Waals surface area contributed by atoms with Crippen LogP contribution < -0.4 is 0 Å². The minimum atomic E-state index is -0.230. The van der Waals surface area contributed by atoms with Crippen LogP contribution in [0.5, 0.6) is 0 Å². The molecule has 0 radical (unpaired) electrons. The number of allylic oxidation sites excluding steroid dienone is 2. The minimum absolute atomic E-state index is 0.131. The maximum atomic E-state index is 13.3. The first kappa shape index (κ1) is 20.2. The molecule has 0 unspecified atom stereocenters. The highest BCUT2D eigenvalue weighted by Gasteiger charge is 2.67. The second-order valence-electron chi connectivity index (χ2n) is 10.1. The first-order chi connectivity index (χ1) is 16.5. The molecule has 5 aliphatic rings. The second kappa shape index (κ2) is 7.16. The molecule has 6 heteroatoms. The van der Waals surface area contributed by atoms with Crippen molar-refractivity contribution >= 4 is 40.5 Å². The Morgan fingerprint density at radius 2 is 1.62 bits per heavy atom. The third kappa shape index (κ3) is 2.70. The molecule has 2 amide bonds. The zero-order chi connectivity index (χ0) is 23.1. The smallest absolute Gasteiger partial charge is 0.254 e. The van der Waals surface area contributed by atoms with Crippen LogP contribution in [-0.2, 0) is 16.1 Å². The van der Waals surface area contributed by atoms with Crippen molar-refractivity contribution in [2.45, 2.75) is 19.9 Å². The van der Waals surface area contributed by atoms with Crippen LogP contribution >= 0.6 is 11.6 Å². The molecule has 34 heavy (non-hydrogen) atoms. The van der Waals surface area contributed by atoms with Crippen LogP contribution in [0, 0.1) is 42.4 Å². The van der Waals surface area contributed by atoms with Crippen LogP contribution in [0.4, 0.5) is 0 Å². The van der Waals surface area contributed by atoms with E-state index in [1.807, 2.05) is 43.3 Å². The number of aromatic nitrogens is 1. The van der Waals surface area contributed by atoms with Gasteiger partial charge in [0, 0.05) is 33.7 Å². The summed E-state index contributed by atoms with van der Waals surface area (Å²) < 4.78 is 2.21. The maximum Gasteiger partial charge on any atom is 0.254 e. The van der Waals surface area contributed by atoms with E-state index >= 15 is 0 Å². The second-order valence-corrected chi connectivity index (χ2v) is 10.5. The van der Waals surface area contributed by atoms with E-state index in [2.05, 4.69) is 34.0 Å². The molecule has 2 heterocycles. The Kier molecular flexibility index (Phi) is 4.26. The molecule has 3 fully saturated rings. The van der Waals surface area contributed by atoms with Gasteiger partial charge in [-0.05, 0) is 54.7 Å². The largest absolute Gasteiger partial charge is 0.340 e. The van der Waals surface area contributed by atoms with Gasteiger partial charge < -0.3 is 4.57 Å². The lowest BCUT2D eigenvalue weighted by molar-refractivity contribution is -0.140. The van der Waals surface area contributed by atoms with Crippen LogP contribution in [0.2, 0.25) is 5.02 Å². The first-order valence-corrected chi connectivity index (χ1v) is 12.3. The molecule has 8 rings (SSSR count). The number of imide groups is 1. The number of hydrazone groups is 1. The molecule has 1 aliphatic heterocycles. The van der Waals surface area contributed by atoms with E-state index in [1.165, 1.54) is 0 Å². The number of nitrogens with zero attached hydrogens (tertiary/aromatic N) is 3. The van der Waals surface area contributed by atoms with E-state index in [1.54, 1.807) is 6.21 Å². The van der Waals surface area contributed by atoms with Crippen LogP contribution in [0.1, 0.15) is 23.2 Å². The number of fused-ring (bicyclic) bond motifs is 1. The summed E-state index contributed by atoms with van der Waals surface area (Å²) in [5.41, 5.74) is 4.04. The van der Waals surface area contributed by atoms with Gasteiger partial charge >= 0.3 is 0 Å². The highest BCUT2D eigenvalue weighted by molar-refractivity contribution is 6.31. The topological polar surface area (TPSA) is 54.7 Å². The fraction of sp³-hybridized carbons (Fsp3) is 0.321. The third-order valence-electron chi connectivity index (χ3n) is 8.51. The highest BCUT2D eigenvalue weighted by atomic mass is 35.5. The Hall–Kier alpha value is -3.18. The summed E-state index contributed by atoms with van der Waals surface area (Å²) in [7, 11) is 0. The number of benzene rings is 2. The summed E-state index contributed by atoms with van der Waals surface area (Å²) in [6.45, 7) is 2.67. The Balaban J connectivity index is 1.25. The van der Waals surface area contributed by atoms with Crippen molar-refractivity contribution in [2.75, 3.05) is 0 Å². The van der Waals surface area contributed by atoms with E-state index < -0.39 is 0 Å². The van der Waals surface area contributed by atoms with Crippen molar-refractivity contribution in [2.24, 2.45) is 40.6 Å². The maximum absolute atomic E-state index is 13.3. The minimum Gasteiger partial charge on any atom is -0.340 e. The number of amides is 2. The number of carbonyl (C=O) groups is 2. The first-order valence-electron chi connectivity index (χ1n) is 12.0. The molecule has 170 valence electrons. The monoisotopic (exact) mass is 469 g/mol. The van der Waals surface area contributed by atoms with Crippen molar-refractivity contribution in [1.29, 1.82) is 0 Å². The SMILES string of the molecule is Cc1c(/C=N\N2C(=O)[C@@H]3[C@@H]4C=C[C@H]([C@@H]5C[C@H]45)[C@@H]3C2=O)c2ccccc2n1Cc1ccccc1Cl. The van der Waals surface area contributed by atoms with E-state index in [-0.39, 0.29) is 35.5 Å². The average molecular weight is 470 g/mol. The van der Waals surface area contributed by atoms with Crippen molar-refractivity contribution in [1.82, 2.24) is 9.58 Å². The van der Waals surface area contributed by atoms with Gasteiger partial charge in [-0.25, -0.2) is 0 Å². The zero-order valence-electron chi connectivity index (χ0n) is 18.8. The molecule has 0 spiro atoms. The van der Waals surface area contributed by atoms with Gasteiger partial charge in [0.25, 0.3) is 11.8 Å². The molecular weight excluding hydrogens is 446 g/mol. The molecule has 6 atom stereocenters. The summed E-state index contributed by atoms with van der Waals surface area (Å²) >= 11 is 6.44. The molecule has 1 saturated heterocycles. The van der Waals surface area contributed by atoms with E-state index in [9.17, 15) is 9.59 Å². The standard InChI is InChI=1S/C28H24ClN3O2/c1-15-22(17-7-3-5-9-24(17)31(15)14-16-6-2-4-8-23(16)29)13-30-32-27(33)25-18-10-11-19(21-12-20(18)21)26(25)28(32)34/h2-11,13,18-21,25-26H,12,14H2,1H3/b30-13-/t18-,19-,20-,21+,25-,26+/m1/s1. The lowest BCUT2D eigenvalue weighted by Gasteiger charge is -2.37. The Labute approximate surface area is 202 Å². The Bertz CT molecular complexity index is 1400. The van der Waals surface area contributed by atoms with E-state index in [4.69, 9.17) is 11.6 Å². The molecular formula is C28H24ClN3O2. The van der Waals surface area contributed by atoms with E-state index in [0.717, 1.165) is 44.2 Å². The number of hydrogen-bond acceptors (Lipinski definition) is 3. The summed E-state index contributed by atoms with van der Waals surface area (Å²) in [4.78, 5) is 26.6. The predicted molar refractivity (Wildman–Crippen MR) is 131 cm³/mol.